The zero-order valence-corrected chi connectivity index (χ0v) is 18.0. The Kier molecular flexibility index (Phi) is 5.44. The first kappa shape index (κ1) is 21.0. The molecule has 4 aliphatic rings. The van der Waals surface area contributed by atoms with Gasteiger partial charge in [-0.25, -0.2) is 4.79 Å². The maximum absolute atomic E-state index is 13.0. The van der Waals surface area contributed by atoms with Crippen LogP contribution in [0.3, 0.4) is 0 Å². The molecule has 0 aromatic carbocycles. The normalized spacial score (nSPS) is 44.7. The smallest absolute Gasteiger partial charge is 0.335 e. The lowest BCUT2D eigenvalue weighted by Crippen LogP contribution is -2.51. The number of ether oxygens (including phenoxy) is 1. The molecule has 0 saturated heterocycles. The lowest BCUT2D eigenvalue weighted by molar-refractivity contribution is -0.153. The van der Waals surface area contributed by atoms with Crippen LogP contribution in [0.15, 0.2) is 11.6 Å². The molecule has 0 spiro atoms. The van der Waals surface area contributed by atoms with Gasteiger partial charge in [-0.05, 0) is 80.0 Å². The quantitative estimate of drug-likeness (QED) is 0.554. The number of aliphatic hydroxyl groups excluding tert-OH is 2. The van der Waals surface area contributed by atoms with Crippen molar-refractivity contribution in [1.29, 1.82) is 0 Å². The van der Waals surface area contributed by atoms with E-state index in [4.69, 9.17) is 0 Å². The summed E-state index contributed by atoms with van der Waals surface area (Å²) >= 11 is 0. The highest BCUT2D eigenvalue weighted by Crippen LogP contribution is 2.66. The highest BCUT2D eigenvalue weighted by molar-refractivity contribution is 5.87. The van der Waals surface area contributed by atoms with Crippen molar-refractivity contribution in [3.05, 3.63) is 11.6 Å². The molecule has 5 nitrogen and oxygen atoms in total. The molecule has 8 atom stereocenters. The van der Waals surface area contributed by atoms with Gasteiger partial charge in [-0.3, -0.25) is 4.79 Å². The Morgan fingerprint density at radius 1 is 1.17 bits per heavy atom. The number of Topliss-reactive ketones (excluding diaryl/α,β-unsaturated/α-hetero) is 1. The van der Waals surface area contributed by atoms with Gasteiger partial charge in [-0.15, -0.1) is 0 Å². The summed E-state index contributed by atoms with van der Waals surface area (Å²) in [6.07, 6.45) is 8.69. The van der Waals surface area contributed by atoms with Crippen molar-refractivity contribution >= 4 is 11.8 Å². The number of hydrogen-bond acceptors (Lipinski definition) is 5. The maximum Gasteiger partial charge on any atom is 0.335 e. The Balaban J connectivity index is 1.53. The third-order valence-electron chi connectivity index (χ3n) is 9.33. The predicted octanol–water partition coefficient (Wildman–Crippen LogP) is 3.42. The fourth-order valence-corrected chi connectivity index (χ4v) is 7.72. The van der Waals surface area contributed by atoms with Crippen LogP contribution in [0.5, 0.6) is 0 Å². The minimum absolute atomic E-state index is 0.0189. The highest BCUT2D eigenvalue weighted by Gasteiger charge is 2.59. The summed E-state index contributed by atoms with van der Waals surface area (Å²) in [4.78, 5) is 24.6. The molecule has 4 aliphatic carbocycles. The van der Waals surface area contributed by atoms with Gasteiger partial charge in [0.1, 0.15) is 5.78 Å². The number of aliphatic hydroxyl groups is 2. The molecule has 2 N–H and O–H groups in total. The number of hydrogen-bond donors (Lipinski definition) is 2. The van der Waals surface area contributed by atoms with E-state index >= 15 is 0 Å². The zero-order chi connectivity index (χ0) is 21.0. The summed E-state index contributed by atoms with van der Waals surface area (Å²) < 4.78 is 4.58. The minimum Gasteiger partial charge on any atom is -0.467 e. The van der Waals surface area contributed by atoms with Crippen molar-refractivity contribution < 1.29 is 24.5 Å². The molecule has 0 aromatic heterocycles. The maximum atomic E-state index is 13.0. The van der Waals surface area contributed by atoms with Crippen LogP contribution >= 0.6 is 0 Å². The highest BCUT2D eigenvalue weighted by atomic mass is 16.5. The number of allylic oxidation sites excluding steroid dienone is 1. The molecule has 3 fully saturated rings. The van der Waals surface area contributed by atoms with E-state index in [1.54, 1.807) is 0 Å². The zero-order valence-electron chi connectivity index (χ0n) is 18.0. The van der Waals surface area contributed by atoms with Gasteiger partial charge in [-0.2, -0.15) is 0 Å². The lowest BCUT2D eigenvalue weighted by atomic mass is 9.47. The second kappa shape index (κ2) is 7.49. The van der Waals surface area contributed by atoms with Crippen LogP contribution in [0.4, 0.5) is 0 Å². The van der Waals surface area contributed by atoms with Gasteiger partial charge in [0.25, 0.3) is 0 Å². The second-order valence-electron chi connectivity index (χ2n) is 10.5. The van der Waals surface area contributed by atoms with Gasteiger partial charge in [0, 0.05) is 12.3 Å². The minimum atomic E-state index is -1.35. The molecule has 5 heteroatoms. The summed E-state index contributed by atoms with van der Waals surface area (Å²) in [5.41, 5.74) is 1.63. The molecule has 0 aliphatic heterocycles. The van der Waals surface area contributed by atoms with Crippen LogP contribution in [-0.2, 0) is 14.3 Å². The van der Waals surface area contributed by atoms with E-state index < -0.39 is 12.1 Å². The fourth-order valence-electron chi connectivity index (χ4n) is 7.72. The SMILES string of the molecule is COC(=O)C(O)CC(=O)[C@H]1CC[C@H]2[C@@H]3CC=C4C[C@@H](O)CC[C@]4(C)[C@H]3CC[C@]12C. The first-order valence-electron chi connectivity index (χ1n) is 11.4. The Morgan fingerprint density at radius 3 is 2.66 bits per heavy atom. The number of ketones is 1. The standard InChI is InChI=1S/C24H36O5/c1-23-10-8-15(25)12-14(23)4-5-16-17-6-7-19(24(17,2)11-9-18(16)23)20(26)13-21(27)22(28)29-3/h4,15-19,21,25,27H,5-13H2,1-3H3/t15-,16-,17-,18-,19+,21?,23-,24-/m0/s1. The first-order valence-corrected chi connectivity index (χ1v) is 11.4. The average Bonchev–Trinajstić information content (AvgIpc) is 3.05. The van der Waals surface area contributed by atoms with Crippen molar-refractivity contribution in [2.45, 2.75) is 83.8 Å². The monoisotopic (exact) mass is 404 g/mol. The van der Waals surface area contributed by atoms with Crippen LogP contribution in [0, 0.1) is 34.5 Å². The van der Waals surface area contributed by atoms with E-state index in [1.807, 2.05) is 0 Å². The van der Waals surface area contributed by atoms with Crippen molar-refractivity contribution in [3.8, 4) is 0 Å². The first-order chi connectivity index (χ1) is 13.7. The molecule has 162 valence electrons. The van der Waals surface area contributed by atoms with Gasteiger partial charge >= 0.3 is 5.97 Å². The number of rotatable bonds is 4. The molecule has 29 heavy (non-hydrogen) atoms. The van der Waals surface area contributed by atoms with E-state index in [9.17, 15) is 19.8 Å². The predicted molar refractivity (Wildman–Crippen MR) is 109 cm³/mol. The van der Waals surface area contributed by atoms with E-state index in [0.29, 0.717) is 17.8 Å². The van der Waals surface area contributed by atoms with Crippen LogP contribution in [0.1, 0.15) is 71.6 Å². The molecular formula is C24H36O5. The van der Waals surface area contributed by atoms with Crippen LogP contribution in [0.25, 0.3) is 0 Å². The van der Waals surface area contributed by atoms with Crippen molar-refractivity contribution in [2.24, 2.45) is 34.5 Å². The van der Waals surface area contributed by atoms with Gasteiger partial charge < -0.3 is 14.9 Å². The Labute approximate surface area is 173 Å². The number of carbonyl (C=O) groups excluding carboxylic acids is 2. The topological polar surface area (TPSA) is 83.8 Å². The summed E-state index contributed by atoms with van der Waals surface area (Å²) in [5, 5.41) is 20.1. The van der Waals surface area contributed by atoms with E-state index in [2.05, 4.69) is 24.7 Å². The Hall–Kier alpha value is -1.20. The van der Waals surface area contributed by atoms with Gasteiger partial charge in [0.05, 0.1) is 13.2 Å². The molecule has 0 heterocycles. The van der Waals surface area contributed by atoms with Gasteiger partial charge in [0.2, 0.25) is 0 Å². The summed E-state index contributed by atoms with van der Waals surface area (Å²) in [7, 11) is 1.24. The number of methoxy groups -OCH3 is 1. The van der Waals surface area contributed by atoms with Crippen molar-refractivity contribution in [3.63, 3.8) is 0 Å². The fraction of sp³-hybridized carbons (Fsp3) is 0.833. The third-order valence-corrected chi connectivity index (χ3v) is 9.33. The van der Waals surface area contributed by atoms with Crippen LogP contribution in [-0.4, -0.2) is 41.3 Å². The average molecular weight is 405 g/mol. The van der Waals surface area contributed by atoms with E-state index in [1.165, 1.54) is 12.7 Å². The molecule has 4 rings (SSSR count). The third kappa shape index (κ3) is 3.29. The Bertz CT molecular complexity index is 714. The molecule has 0 bridgehead atoms. The molecule has 0 radical (unpaired) electrons. The summed E-state index contributed by atoms with van der Waals surface area (Å²) in [6.45, 7) is 4.69. The van der Waals surface area contributed by atoms with Crippen molar-refractivity contribution in [2.75, 3.05) is 7.11 Å². The number of fused-ring (bicyclic) bond motifs is 5. The Morgan fingerprint density at radius 2 is 1.93 bits per heavy atom. The van der Waals surface area contributed by atoms with Crippen LogP contribution < -0.4 is 0 Å². The molecular weight excluding hydrogens is 368 g/mol. The van der Waals surface area contributed by atoms with Gasteiger partial charge in [-0.1, -0.05) is 25.5 Å². The number of carbonyl (C=O) groups is 2. The summed E-state index contributed by atoms with van der Waals surface area (Å²) in [6, 6.07) is 0. The lowest BCUT2D eigenvalue weighted by Gasteiger charge is -2.58. The second-order valence-corrected chi connectivity index (χ2v) is 10.5. The van der Waals surface area contributed by atoms with Gasteiger partial charge in [0.15, 0.2) is 6.10 Å². The molecule has 3 saturated carbocycles. The van der Waals surface area contributed by atoms with Crippen molar-refractivity contribution in [1.82, 2.24) is 0 Å². The molecule has 0 aromatic rings. The largest absolute Gasteiger partial charge is 0.467 e. The molecule has 1 unspecified atom stereocenters. The van der Waals surface area contributed by atoms with Crippen LogP contribution in [0.2, 0.25) is 0 Å². The molecule has 0 amide bonds. The number of esters is 1. The van der Waals surface area contributed by atoms with E-state index in [-0.39, 0.29) is 35.1 Å². The van der Waals surface area contributed by atoms with E-state index in [0.717, 1.165) is 51.4 Å². The summed E-state index contributed by atoms with van der Waals surface area (Å²) in [5.74, 6) is 0.985.